The van der Waals surface area contributed by atoms with Crippen molar-refractivity contribution >= 4 is 0 Å². The summed E-state index contributed by atoms with van der Waals surface area (Å²) in [4.78, 5) is 0. The Labute approximate surface area is 67.6 Å². The number of rotatable bonds is 5. The molecule has 0 saturated heterocycles. The summed E-state index contributed by atoms with van der Waals surface area (Å²) in [6.45, 7) is 4.41. The van der Waals surface area contributed by atoms with Crippen molar-refractivity contribution in [1.82, 2.24) is 0 Å². The Morgan fingerprint density at radius 1 is 1.64 bits per heavy atom. The van der Waals surface area contributed by atoms with E-state index in [-0.39, 0.29) is 18.6 Å². The summed E-state index contributed by atoms with van der Waals surface area (Å²) in [5.41, 5.74) is 0. The van der Waals surface area contributed by atoms with E-state index in [2.05, 4.69) is 6.07 Å². The molecule has 2 atom stereocenters. The molecule has 0 aliphatic heterocycles. The first-order valence-corrected chi connectivity index (χ1v) is 3.88. The molecular weight excluding hydrogens is 142 g/mol. The van der Waals surface area contributed by atoms with E-state index in [1.54, 1.807) is 0 Å². The van der Waals surface area contributed by atoms with E-state index in [9.17, 15) is 0 Å². The van der Waals surface area contributed by atoms with Crippen LogP contribution in [0, 0.1) is 17.2 Å². The van der Waals surface area contributed by atoms with Crippen molar-refractivity contribution in [1.29, 1.82) is 5.26 Å². The van der Waals surface area contributed by atoms with Gasteiger partial charge in [0.1, 0.15) is 0 Å². The van der Waals surface area contributed by atoms with Crippen LogP contribution < -0.4 is 0 Å². The van der Waals surface area contributed by atoms with Crippen LogP contribution in [0.4, 0.5) is 0 Å². The summed E-state index contributed by atoms with van der Waals surface area (Å²) < 4.78 is 5.21. The predicted molar refractivity (Wildman–Crippen MR) is 41.9 cm³/mol. The highest BCUT2D eigenvalue weighted by molar-refractivity contribution is 4.86. The van der Waals surface area contributed by atoms with E-state index in [1.807, 2.05) is 13.8 Å². The summed E-state index contributed by atoms with van der Waals surface area (Å²) in [5.74, 6) is -0.181. The van der Waals surface area contributed by atoms with Crippen molar-refractivity contribution < 1.29 is 9.84 Å². The minimum Gasteiger partial charge on any atom is -0.396 e. The van der Waals surface area contributed by atoms with E-state index in [4.69, 9.17) is 15.1 Å². The molecule has 0 rings (SSSR count). The number of aliphatic hydroxyl groups is 1. The molecule has 3 nitrogen and oxygen atoms in total. The van der Waals surface area contributed by atoms with Gasteiger partial charge in [-0.15, -0.1) is 0 Å². The van der Waals surface area contributed by atoms with Crippen molar-refractivity contribution in [2.24, 2.45) is 5.92 Å². The fourth-order valence-corrected chi connectivity index (χ4v) is 0.922. The Hall–Kier alpha value is -0.590. The molecule has 0 aliphatic carbocycles. The maximum absolute atomic E-state index is 8.61. The normalized spacial score (nSPS) is 15.5. The topological polar surface area (TPSA) is 53.2 Å². The van der Waals surface area contributed by atoms with Crippen LogP contribution in [0.1, 0.15) is 20.3 Å². The first-order chi connectivity index (χ1) is 5.26. The predicted octanol–water partition coefficient (Wildman–Crippen LogP) is 0.934. The molecule has 64 valence electrons. The zero-order valence-corrected chi connectivity index (χ0v) is 7.08. The first-order valence-electron chi connectivity index (χ1n) is 3.88. The molecule has 0 aromatic carbocycles. The number of nitriles is 1. The second kappa shape index (κ2) is 6.14. The molecule has 0 amide bonds. The fourth-order valence-electron chi connectivity index (χ4n) is 0.922. The van der Waals surface area contributed by atoms with Gasteiger partial charge in [-0.05, 0) is 20.3 Å². The third kappa shape index (κ3) is 3.97. The Balaban J connectivity index is 3.73. The lowest BCUT2D eigenvalue weighted by atomic mass is 10.0. The first kappa shape index (κ1) is 10.4. The van der Waals surface area contributed by atoms with Crippen molar-refractivity contribution in [3.05, 3.63) is 0 Å². The molecule has 11 heavy (non-hydrogen) atoms. The maximum atomic E-state index is 8.61. The molecule has 3 heteroatoms. The van der Waals surface area contributed by atoms with Crippen LogP contribution in [0.25, 0.3) is 0 Å². The minimum absolute atomic E-state index is 0.0512. The van der Waals surface area contributed by atoms with E-state index in [0.717, 1.165) is 0 Å². The van der Waals surface area contributed by atoms with Gasteiger partial charge in [0, 0.05) is 13.2 Å². The molecule has 0 fully saturated rings. The maximum Gasteiger partial charge on any atom is 0.0744 e. The van der Waals surface area contributed by atoms with Crippen molar-refractivity contribution in [3.63, 3.8) is 0 Å². The molecule has 0 aliphatic rings. The monoisotopic (exact) mass is 157 g/mol. The fraction of sp³-hybridized carbons (Fsp3) is 0.875. The van der Waals surface area contributed by atoms with Crippen LogP contribution in [0.2, 0.25) is 0 Å². The average Bonchev–Trinajstić information content (AvgIpc) is 2.00. The molecule has 0 bridgehead atoms. The van der Waals surface area contributed by atoms with E-state index < -0.39 is 0 Å². The van der Waals surface area contributed by atoms with Crippen molar-refractivity contribution in [3.8, 4) is 6.07 Å². The van der Waals surface area contributed by atoms with Crippen LogP contribution in [-0.2, 0) is 4.74 Å². The molecule has 0 radical (unpaired) electrons. The zero-order valence-electron chi connectivity index (χ0n) is 7.08. The molecular formula is C8H15NO2. The van der Waals surface area contributed by atoms with Gasteiger partial charge in [0.15, 0.2) is 0 Å². The second-order valence-corrected chi connectivity index (χ2v) is 2.41. The van der Waals surface area contributed by atoms with Gasteiger partial charge in [0.05, 0.1) is 18.1 Å². The zero-order chi connectivity index (χ0) is 8.69. The number of hydrogen-bond donors (Lipinski definition) is 1. The lowest BCUT2D eigenvalue weighted by Crippen LogP contribution is -2.20. The van der Waals surface area contributed by atoms with Gasteiger partial charge in [-0.2, -0.15) is 5.26 Å². The summed E-state index contributed by atoms with van der Waals surface area (Å²) in [6.07, 6.45) is 0.426. The lowest BCUT2D eigenvalue weighted by molar-refractivity contribution is 0.0420. The standard InChI is InChI=1S/C8H15NO2/c1-3-11-7(2)8(6-9)4-5-10/h7-8,10H,3-5H2,1-2H3. The van der Waals surface area contributed by atoms with Gasteiger partial charge >= 0.3 is 0 Å². The highest BCUT2D eigenvalue weighted by Crippen LogP contribution is 2.10. The van der Waals surface area contributed by atoms with E-state index >= 15 is 0 Å². The average molecular weight is 157 g/mol. The van der Waals surface area contributed by atoms with Gasteiger partial charge in [-0.3, -0.25) is 0 Å². The van der Waals surface area contributed by atoms with E-state index in [1.165, 1.54) is 0 Å². The Morgan fingerprint density at radius 2 is 2.27 bits per heavy atom. The smallest absolute Gasteiger partial charge is 0.0744 e. The minimum atomic E-state index is -0.181. The quantitative estimate of drug-likeness (QED) is 0.646. The van der Waals surface area contributed by atoms with Gasteiger partial charge in [0.2, 0.25) is 0 Å². The molecule has 0 saturated carbocycles. The molecule has 0 spiro atoms. The van der Waals surface area contributed by atoms with Crippen LogP contribution in [-0.4, -0.2) is 24.4 Å². The third-order valence-electron chi connectivity index (χ3n) is 1.60. The number of nitrogens with zero attached hydrogens (tertiary/aromatic N) is 1. The highest BCUT2D eigenvalue weighted by Gasteiger charge is 2.15. The van der Waals surface area contributed by atoms with Crippen molar-refractivity contribution in [2.45, 2.75) is 26.4 Å². The number of aliphatic hydroxyl groups excluding tert-OH is 1. The van der Waals surface area contributed by atoms with Gasteiger partial charge in [0.25, 0.3) is 0 Å². The summed E-state index contributed by atoms with van der Waals surface area (Å²) >= 11 is 0. The highest BCUT2D eigenvalue weighted by atomic mass is 16.5. The van der Waals surface area contributed by atoms with Gasteiger partial charge in [-0.1, -0.05) is 0 Å². The molecule has 1 N–H and O–H groups in total. The number of ether oxygens (including phenoxy) is 1. The largest absolute Gasteiger partial charge is 0.396 e. The van der Waals surface area contributed by atoms with Crippen LogP contribution in [0.3, 0.4) is 0 Å². The van der Waals surface area contributed by atoms with Crippen LogP contribution >= 0.6 is 0 Å². The van der Waals surface area contributed by atoms with Gasteiger partial charge < -0.3 is 9.84 Å². The third-order valence-corrected chi connectivity index (χ3v) is 1.60. The Morgan fingerprint density at radius 3 is 2.64 bits per heavy atom. The van der Waals surface area contributed by atoms with Crippen LogP contribution in [0.5, 0.6) is 0 Å². The Kier molecular flexibility index (Phi) is 5.81. The molecule has 2 unspecified atom stereocenters. The Bertz CT molecular complexity index is 131. The van der Waals surface area contributed by atoms with Gasteiger partial charge in [-0.25, -0.2) is 0 Å². The summed E-state index contributed by atoms with van der Waals surface area (Å²) in [6, 6.07) is 2.10. The molecule has 0 heterocycles. The molecule has 0 aromatic rings. The molecule has 0 aromatic heterocycles. The number of hydrogen-bond acceptors (Lipinski definition) is 3. The van der Waals surface area contributed by atoms with Crippen LogP contribution in [0.15, 0.2) is 0 Å². The summed E-state index contributed by atoms with van der Waals surface area (Å²) in [5, 5.41) is 17.2. The summed E-state index contributed by atoms with van der Waals surface area (Å²) in [7, 11) is 0. The SMILES string of the molecule is CCOC(C)C(C#N)CCO. The lowest BCUT2D eigenvalue weighted by Gasteiger charge is -2.15. The van der Waals surface area contributed by atoms with Crippen molar-refractivity contribution in [2.75, 3.05) is 13.2 Å². The second-order valence-electron chi connectivity index (χ2n) is 2.41. The van der Waals surface area contributed by atoms with E-state index in [0.29, 0.717) is 13.0 Å².